The number of epoxide rings is 1. The van der Waals surface area contributed by atoms with E-state index in [2.05, 4.69) is 29.5 Å². The van der Waals surface area contributed by atoms with Crippen molar-refractivity contribution in [3.63, 3.8) is 0 Å². The summed E-state index contributed by atoms with van der Waals surface area (Å²) in [6.07, 6.45) is 3.20. The van der Waals surface area contributed by atoms with Gasteiger partial charge in [0.1, 0.15) is 0 Å². The Morgan fingerprint density at radius 2 is 2.50 bits per heavy atom. The molecular weight excluding hydrogens is 215 g/mol. The molecule has 2 unspecified atom stereocenters. The molecule has 0 aliphatic carbocycles. The molecule has 1 nitrogen and oxygen atoms in total. The van der Waals surface area contributed by atoms with Crippen molar-refractivity contribution in [1.82, 2.24) is 0 Å². The van der Waals surface area contributed by atoms with Crippen molar-refractivity contribution in [1.29, 1.82) is 0 Å². The van der Waals surface area contributed by atoms with E-state index < -0.39 is 0 Å². The largest absolute Gasteiger partial charge is 0.372 e. The topological polar surface area (TPSA) is 12.5 Å². The van der Waals surface area contributed by atoms with E-state index in [0.29, 0.717) is 6.10 Å². The van der Waals surface area contributed by atoms with Crippen molar-refractivity contribution < 1.29 is 4.74 Å². The van der Waals surface area contributed by atoms with Crippen LogP contribution in [0, 0.1) is 0 Å². The fraction of sp³-hybridized carbons (Fsp3) is 1.00. The van der Waals surface area contributed by atoms with Gasteiger partial charge in [0.05, 0.1) is 12.7 Å². The van der Waals surface area contributed by atoms with Crippen molar-refractivity contribution in [2.24, 2.45) is 0 Å². The highest BCUT2D eigenvalue weighted by Gasteiger charge is 2.29. The van der Waals surface area contributed by atoms with E-state index in [-0.39, 0.29) is 0 Å². The Morgan fingerprint density at radius 1 is 1.88 bits per heavy atom. The van der Waals surface area contributed by atoms with Gasteiger partial charge in [0.25, 0.3) is 0 Å². The highest BCUT2D eigenvalue weighted by Crippen LogP contribution is 2.24. The molecule has 1 rings (SSSR count). The molecule has 1 heterocycles. The number of hydrogen-bond donors (Lipinski definition) is 0. The van der Waals surface area contributed by atoms with Crippen LogP contribution in [-0.2, 0) is 4.74 Å². The molecule has 0 bridgehead atoms. The fourth-order valence-corrected chi connectivity index (χ4v) is 1.76. The predicted octanol–water partition coefficient (Wildman–Crippen LogP) is 1.99. The highest BCUT2D eigenvalue weighted by molar-refractivity contribution is 14.1. The maximum absolute atomic E-state index is 5.12. The van der Waals surface area contributed by atoms with Crippen LogP contribution >= 0.6 is 22.6 Å². The monoisotopic (exact) mass is 226 g/mol. The van der Waals surface area contributed by atoms with E-state index in [4.69, 9.17) is 4.74 Å². The molecule has 2 heteroatoms. The lowest BCUT2D eigenvalue weighted by Gasteiger charge is -2.00. The Labute approximate surface area is 63.9 Å². The Balaban J connectivity index is 2.03. The van der Waals surface area contributed by atoms with Crippen LogP contribution in [0.2, 0.25) is 0 Å². The van der Waals surface area contributed by atoms with E-state index in [0.717, 1.165) is 10.5 Å². The molecule has 0 aromatic rings. The van der Waals surface area contributed by atoms with E-state index in [9.17, 15) is 0 Å². The Kier molecular flexibility index (Phi) is 2.56. The quantitative estimate of drug-likeness (QED) is 0.407. The Morgan fingerprint density at radius 3 is 2.88 bits per heavy atom. The van der Waals surface area contributed by atoms with Gasteiger partial charge in [0.15, 0.2) is 0 Å². The summed E-state index contributed by atoms with van der Waals surface area (Å²) in [6, 6.07) is 0. The first-order valence-corrected chi connectivity index (χ1v) is 4.35. The summed E-state index contributed by atoms with van der Waals surface area (Å²) in [7, 11) is 0. The lowest BCUT2D eigenvalue weighted by molar-refractivity contribution is 0.401. The van der Waals surface area contributed by atoms with Gasteiger partial charge in [-0.1, -0.05) is 35.9 Å². The van der Waals surface area contributed by atoms with Crippen molar-refractivity contribution in [2.45, 2.75) is 29.8 Å². The molecule has 0 aromatic carbocycles. The third kappa shape index (κ3) is 1.90. The van der Waals surface area contributed by atoms with E-state index in [1.807, 2.05) is 0 Å². The average Bonchev–Trinajstić information content (AvgIpc) is 2.45. The summed E-state index contributed by atoms with van der Waals surface area (Å²) >= 11 is 2.47. The lowest BCUT2D eigenvalue weighted by Crippen LogP contribution is -2.04. The normalized spacial score (nSPS) is 30.0. The average molecular weight is 226 g/mol. The maximum Gasteiger partial charge on any atom is 0.0927 e. The highest BCUT2D eigenvalue weighted by atomic mass is 127. The molecule has 1 saturated heterocycles. The van der Waals surface area contributed by atoms with Gasteiger partial charge >= 0.3 is 0 Å². The summed E-state index contributed by atoms with van der Waals surface area (Å²) in [6.45, 7) is 3.22. The smallest absolute Gasteiger partial charge is 0.0927 e. The SMILES string of the molecule is CCCC(I)C1CO1. The van der Waals surface area contributed by atoms with Crippen LogP contribution in [0.15, 0.2) is 0 Å². The van der Waals surface area contributed by atoms with E-state index >= 15 is 0 Å². The molecule has 8 heavy (non-hydrogen) atoms. The van der Waals surface area contributed by atoms with E-state index in [1.165, 1.54) is 12.8 Å². The zero-order valence-corrected chi connectivity index (χ0v) is 7.22. The molecule has 2 atom stereocenters. The van der Waals surface area contributed by atoms with Gasteiger partial charge in [-0.05, 0) is 6.42 Å². The fourth-order valence-electron chi connectivity index (χ4n) is 0.726. The van der Waals surface area contributed by atoms with Crippen LogP contribution in [0.25, 0.3) is 0 Å². The van der Waals surface area contributed by atoms with Crippen molar-refractivity contribution in [3.05, 3.63) is 0 Å². The van der Waals surface area contributed by atoms with Crippen LogP contribution in [0.1, 0.15) is 19.8 Å². The zero-order chi connectivity index (χ0) is 5.98. The first-order chi connectivity index (χ1) is 3.84. The molecule has 0 amide bonds. The third-order valence-electron chi connectivity index (χ3n) is 1.33. The summed E-state index contributed by atoms with van der Waals surface area (Å²) in [5, 5.41) is 0. The van der Waals surface area contributed by atoms with Crippen molar-refractivity contribution in [2.75, 3.05) is 6.61 Å². The molecule has 0 aromatic heterocycles. The molecule has 0 saturated carbocycles. The minimum Gasteiger partial charge on any atom is -0.372 e. The van der Waals surface area contributed by atoms with Crippen LogP contribution in [0.5, 0.6) is 0 Å². The zero-order valence-electron chi connectivity index (χ0n) is 5.06. The van der Waals surface area contributed by atoms with Gasteiger partial charge in [0.2, 0.25) is 0 Å². The number of rotatable bonds is 3. The molecule has 1 aliphatic heterocycles. The van der Waals surface area contributed by atoms with Gasteiger partial charge in [-0.15, -0.1) is 0 Å². The van der Waals surface area contributed by atoms with Crippen molar-refractivity contribution >= 4 is 22.6 Å². The molecule has 1 aliphatic rings. The lowest BCUT2D eigenvalue weighted by atomic mass is 10.2. The van der Waals surface area contributed by atoms with Gasteiger partial charge < -0.3 is 4.74 Å². The second kappa shape index (κ2) is 3.01. The van der Waals surface area contributed by atoms with E-state index in [1.54, 1.807) is 0 Å². The standard InChI is InChI=1S/C6H11IO/c1-2-3-5(7)6-4-8-6/h5-6H,2-4H2,1H3. The summed E-state index contributed by atoms with van der Waals surface area (Å²) < 4.78 is 5.89. The van der Waals surface area contributed by atoms with Gasteiger partial charge in [-0.2, -0.15) is 0 Å². The minimum atomic E-state index is 0.607. The van der Waals surface area contributed by atoms with Crippen LogP contribution < -0.4 is 0 Å². The third-order valence-corrected chi connectivity index (χ3v) is 2.75. The molecule has 0 radical (unpaired) electrons. The predicted molar refractivity (Wildman–Crippen MR) is 42.5 cm³/mol. The van der Waals surface area contributed by atoms with Crippen LogP contribution in [0.4, 0.5) is 0 Å². The Bertz CT molecular complexity index is 70.9. The number of ether oxygens (including phenoxy) is 1. The Hall–Kier alpha value is 0.690. The summed E-state index contributed by atoms with van der Waals surface area (Å²) in [4.78, 5) is 0. The molecule has 0 N–H and O–H groups in total. The van der Waals surface area contributed by atoms with Gasteiger partial charge in [-0.25, -0.2) is 0 Å². The second-order valence-electron chi connectivity index (χ2n) is 2.18. The molecule has 1 fully saturated rings. The summed E-state index contributed by atoms with van der Waals surface area (Å²) in [5.41, 5.74) is 0. The second-order valence-corrected chi connectivity index (χ2v) is 3.78. The maximum atomic E-state index is 5.12. The first kappa shape index (κ1) is 6.81. The van der Waals surface area contributed by atoms with Crippen molar-refractivity contribution in [3.8, 4) is 0 Å². The number of alkyl halides is 1. The van der Waals surface area contributed by atoms with Gasteiger partial charge in [0, 0.05) is 3.92 Å². The molecular formula is C6H11IO. The molecule has 48 valence electrons. The first-order valence-electron chi connectivity index (χ1n) is 3.10. The van der Waals surface area contributed by atoms with Crippen LogP contribution in [-0.4, -0.2) is 16.6 Å². The minimum absolute atomic E-state index is 0.607. The number of halogens is 1. The summed E-state index contributed by atoms with van der Waals surface area (Å²) in [5.74, 6) is 0. The number of hydrogen-bond acceptors (Lipinski definition) is 1. The molecule has 0 spiro atoms. The van der Waals surface area contributed by atoms with Gasteiger partial charge in [-0.3, -0.25) is 0 Å². The van der Waals surface area contributed by atoms with Crippen LogP contribution in [0.3, 0.4) is 0 Å².